The number of carbonyl (C=O) groups is 2. The van der Waals surface area contributed by atoms with Gasteiger partial charge in [-0.3, -0.25) is 5.32 Å². The van der Waals surface area contributed by atoms with E-state index >= 15 is 0 Å². The molecule has 0 aromatic heterocycles. The normalized spacial score (nSPS) is 10.8. The van der Waals surface area contributed by atoms with Crippen LogP contribution in [0, 0.1) is 0 Å². The first-order valence-electron chi connectivity index (χ1n) is 7.04. The van der Waals surface area contributed by atoms with Gasteiger partial charge >= 0.3 is 12.1 Å². The van der Waals surface area contributed by atoms with Gasteiger partial charge in [-0.25, -0.2) is 23.1 Å². The van der Waals surface area contributed by atoms with Crippen LogP contribution in [0.15, 0.2) is 53.4 Å². The maximum Gasteiger partial charge on any atom is 0.411 e. The molecule has 0 saturated heterocycles. The van der Waals surface area contributed by atoms with Crippen molar-refractivity contribution in [3.63, 3.8) is 0 Å². The van der Waals surface area contributed by atoms with Crippen molar-refractivity contribution in [2.75, 3.05) is 12.4 Å². The third kappa shape index (κ3) is 5.03. The fourth-order valence-electron chi connectivity index (χ4n) is 1.99. The highest BCUT2D eigenvalue weighted by molar-refractivity contribution is 7.89. The Morgan fingerprint density at radius 1 is 1.12 bits per heavy atom. The van der Waals surface area contributed by atoms with Crippen molar-refractivity contribution in [3.8, 4) is 0 Å². The van der Waals surface area contributed by atoms with Crippen molar-refractivity contribution in [1.29, 1.82) is 0 Å². The second-order valence-electron chi connectivity index (χ2n) is 4.93. The predicted molar refractivity (Wildman–Crippen MR) is 89.4 cm³/mol. The Balaban J connectivity index is 2.20. The van der Waals surface area contributed by atoms with E-state index in [1.807, 2.05) is 6.07 Å². The summed E-state index contributed by atoms with van der Waals surface area (Å²) in [4.78, 5) is 23.2. The zero-order chi connectivity index (χ0) is 18.4. The zero-order valence-corrected chi connectivity index (χ0v) is 14.1. The lowest BCUT2D eigenvalue weighted by Crippen LogP contribution is -2.19. The average molecular weight is 364 g/mol. The highest BCUT2D eigenvalue weighted by Gasteiger charge is 2.19. The number of anilines is 1. The van der Waals surface area contributed by atoms with Crippen molar-refractivity contribution < 1.29 is 27.5 Å². The second-order valence-corrected chi connectivity index (χ2v) is 6.46. The van der Waals surface area contributed by atoms with E-state index in [0.717, 1.165) is 17.7 Å². The number of methoxy groups -OCH3 is 1. The van der Waals surface area contributed by atoms with E-state index in [1.165, 1.54) is 13.2 Å². The lowest BCUT2D eigenvalue weighted by atomic mass is 10.2. The minimum atomic E-state index is -4.12. The summed E-state index contributed by atoms with van der Waals surface area (Å²) in [5.74, 6) is -0.693. The molecule has 0 bridgehead atoms. The molecule has 0 unspecified atom stereocenters. The molecule has 0 aliphatic carbocycles. The molecule has 0 atom stereocenters. The summed E-state index contributed by atoms with van der Waals surface area (Å²) in [6, 6.07) is 12.4. The van der Waals surface area contributed by atoms with Gasteiger partial charge in [-0.05, 0) is 23.8 Å². The van der Waals surface area contributed by atoms with Crippen LogP contribution in [0.5, 0.6) is 0 Å². The van der Waals surface area contributed by atoms with Crippen LogP contribution < -0.4 is 10.5 Å². The van der Waals surface area contributed by atoms with E-state index in [-0.39, 0.29) is 22.8 Å². The van der Waals surface area contributed by atoms with Gasteiger partial charge in [-0.1, -0.05) is 30.3 Å². The fraction of sp³-hybridized carbons (Fsp3) is 0.125. The van der Waals surface area contributed by atoms with Gasteiger partial charge in [0.1, 0.15) is 11.5 Å². The van der Waals surface area contributed by atoms with Crippen LogP contribution in [0.25, 0.3) is 0 Å². The number of benzene rings is 2. The molecule has 0 aliphatic heterocycles. The number of primary sulfonamides is 1. The molecule has 8 nitrogen and oxygen atoms in total. The van der Waals surface area contributed by atoms with E-state index in [1.54, 1.807) is 24.3 Å². The molecule has 9 heteroatoms. The minimum absolute atomic E-state index is 0.00588. The number of carbonyl (C=O) groups excluding carboxylic acids is 2. The predicted octanol–water partition coefficient (Wildman–Crippen LogP) is 1.87. The molecule has 0 spiro atoms. The summed E-state index contributed by atoms with van der Waals surface area (Å²) in [6.45, 7) is -0.00588. The molecule has 1 amide bonds. The lowest BCUT2D eigenvalue weighted by Gasteiger charge is -2.11. The molecule has 3 N–H and O–H groups in total. The molecule has 132 valence electrons. The van der Waals surface area contributed by atoms with Crippen molar-refractivity contribution in [1.82, 2.24) is 0 Å². The molecular weight excluding hydrogens is 348 g/mol. The molecule has 0 aliphatic rings. The summed E-state index contributed by atoms with van der Waals surface area (Å²) in [6.07, 6.45) is -0.893. The van der Waals surface area contributed by atoms with Gasteiger partial charge in [-0.2, -0.15) is 0 Å². The molecule has 0 heterocycles. The van der Waals surface area contributed by atoms with Crippen LogP contribution in [0.3, 0.4) is 0 Å². The number of nitrogens with two attached hydrogens (primary N) is 1. The third-order valence-electron chi connectivity index (χ3n) is 3.16. The van der Waals surface area contributed by atoms with Crippen LogP contribution in [0.2, 0.25) is 0 Å². The lowest BCUT2D eigenvalue weighted by molar-refractivity contribution is 0.0600. The van der Waals surface area contributed by atoms with Gasteiger partial charge in [-0.15, -0.1) is 0 Å². The first-order chi connectivity index (χ1) is 11.8. The number of hydrogen-bond donors (Lipinski definition) is 2. The van der Waals surface area contributed by atoms with E-state index in [4.69, 9.17) is 9.88 Å². The summed E-state index contributed by atoms with van der Waals surface area (Å²) < 4.78 is 32.9. The van der Waals surface area contributed by atoms with E-state index in [2.05, 4.69) is 10.1 Å². The Morgan fingerprint density at radius 3 is 2.40 bits per heavy atom. The van der Waals surface area contributed by atoms with Crippen LogP contribution in [0.1, 0.15) is 15.9 Å². The van der Waals surface area contributed by atoms with Crippen LogP contribution in [-0.4, -0.2) is 27.6 Å². The summed E-state index contributed by atoms with van der Waals surface area (Å²) in [5, 5.41) is 7.40. The molecular formula is C16H16N2O6S. The molecule has 2 aromatic rings. The number of amides is 1. The standard InChI is InChI=1S/C16H16N2O6S/c1-23-15(19)12-7-8-14(25(17,21)22)13(9-12)18-16(20)24-10-11-5-3-2-4-6-11/h2-9H,10H2,1H3,(H,18,20)(H2,17,21,22). The highest BCUT2D eigenvalue weighted by atomic mass is 32.2. The van der Waals surface area contributed by atoms with E-state index in [0.29, 0.717) is 0 Å². The van der Waals surface area contributed by atoms with Gasteiger partial charge in [0.25, 0.3) is 0 Å². The fourth-order valence-corrected chi connectivity index (χ4v) is 2.66. The van der Waals surface area contributed by atoms with Gasteiger partial charge in [0, 0.05) is 0 Å². The van der Waals surface area contributed by atoms with Crippen molar-refractivity contribution >= 4 is 27.8 Å². The van der Waals surface area contributed by atoms with Crippen molar-refractivity contribution in [2.45, 2.75) is 11.5 Å². The Hall–Kier alpha value is -2.91. The molecule has 25 heavy (non-hydrogen) atoms. The Labute approximate surface area is 144 Å². The minimum Gasteiger partial charge on any atom is -0.465 e. The smallest absolute Gasteiger partial charge is 0.411 e. The SMILES string of the molecule is COC(=O)c1ccc(S(N)(=O)=O)c(NC(=O)OCc2ccccc2)c1. The van der Waals surface area contributed by atoms with Crippen LogP contribution >= 0.6 is 0 Å². The number of rotatable bonds is 5. The maximum absolute atomic E-state index is 11.9. The van der Waals surface area contributed by atoms with Crippen molar-refractivity contribution in [3.05, 3.63) is 59.7 Å². The molecule has 0 saturated carbocycles. The molecule has 0 fully saturated rings. The second kappa shape index (κ2) is 7.77. The van der Waals surface area contributed by atoms with E-state index < -0.39 is 22.1 Å². The largest absolute Gasteiger partial charge is 0.465 e. The Morgan fingerprint density at radius 2 is 1.80 bits per heavy atom. The zero-order valence-electron chi connectivity index (χ0n) is 13.3. The monoisotopic (exact) mass is 364 g/mol. The number of esters is 1. The number of sulfonamides is 1. The Kier molecular flexibility index (Phi) is 5.73. The molecule has 2 aromatic carbocycles. The topological polar surface area (TPSA) is 125 Å². The number of nitrogens with one attached hydrogen (secondary N) is 1. The first kappa shape index (κ1) is 18.4. The number of ether oxygens (including phenoxy) is 2. The first-order valence-corrected chi connectivity index (χ1v) is 8.59. The number of hydrogen-bond acceptors (Lipinski definition) is 6. The van der Waals surface area contributed by atoms with E-state index in [9.17, 15) is 18.0 Å². The van der Waals surface area contributed by atoms with Crippen LogP contribution in [0.4, 0.5) is 10.5 Å². The quantitative estimate of drug-likeness (QED) is 0.780. The van der Waals surface area contributed by atoms with Gasteiger partial charge in [0.05, 0.1) is 18.4 Å². The van der Waals surface area contributed by atoms with Crippen molar-refractivity contribution in [2.24, 2.45) is 5.14 Å². The molecule has 0 radical (unpaired) electrons. The van der Waals surface area contributed by atoms with Crippen LogP contribution in [-0.2, 0) is 26.1 Å². The highest BCUT2D eigenvalue weighted by Crippen LogP contribution is 2.22. The summed E-state index contributed by atoms with van der Waals surface area (Å²) >= 11 is 0. The van der Waals surface area contributed by atoms with Gasteiger partial charge in [0.2, 0.25) is 10.0 Å². The molecule has 2 rings (SSSR count). The maximum atomic E-state index is 11.9. The van der Waals surface area contributed by atoms with Gasteiger partial charge in [0.15, 0.2) is 0 Å². The average Bonchev–Trinajstić information content (AvgIpc) is 2.59. The Bertz CT molecular complexity index is 881. The summed E-state index contributed by atoms with van der Waals surface area (Å²) in [5.41, 5.74) is 0.629. The van der Waals surface area contributed by atoms with Gasteiger partial charge < -0.3 is 9.47 Å². The summed E-state index contributed by atoms with van der Waals surface area (Å²) in [7, 11) is -2.94. The third-order valence-corrected chi connectivity index (χ3v) is 4.13.